The van der Waals surface area contributed by atoms with Gasteiger partial charge in [-0.1, -0.05) is 36.8 Å². The molecule has 1 aromatic carbocycles. The number of rotatable bonds is 5. The van der Waals surface area contributed by atoms with Crippen molar-refractivity contribution in [2.75, 3.05) is 39.0 Å². The van der Waals surface area contributed by atoms with Crippen LogP contribution in [0.4, 0.5) is 0 Å². The molecule has 1 aliphatic carbocycles. The summed E-state index contributed by atoms with van der Waals surface area (Å²) in [5, 5.41) is 3.06. The number of nitrogens with one attached hydrogen (secondary N) is 1. The second-order valence-corrected chi connectivity index (χ2v) is 9.99. The summed E-state index contributed by atoms with van der Waals surface area (Å²) in [7, 11) is -3.32. The lowest BCUT2D eigenvalue weighted by atomic mass is 10.0. The van der Waals surface area contributed by atoms with E-state index in [4.69, 9.17) is 0 Å². The van der Waals surface area contributed by atoms with Crippen molar-refractivity contribution in [3.05, 3.63) is 35.9 Å². The SMILES string of the molecule is CS(=O)(=O)N1CCCN(CCCc2ccccc2)CCNC(=O)[C@@H]2CCC[C@@H]21. The molecule has 2 fully saturated rings. The average molecular weight is 408 g/mol. The van der Waals surface area contributed by atoms with Crippen molar-refractivity contribution in [3.8, 4) is 0 Å². The first-order valence-corrected chi connectivity index (χ1v) is 12.3. The Morgan fingerprint density at radius 2 is 1.86 bits per heavy atom. The zero-order valence-electron chi connectivity index (χ0n) is 16.8. The minimum absolute atomic E-state index is 0.0160. The summed E-state index contributed by atoms with van der Waals surface area (Å²) in [5.74, 6) is -0.193. The third-order valence-corrected chi connectivity index (χ3v) is 7.28. The van der Waals surface area contributed by atoms with Crippen molar-refractivity contribution in [2.45, 2.75) is 44.6 Å². The Morgan fingerprint density at radius 1 is 1.07 bits per heavy atom. The highest BCUT2D eigenvalue weighted by molar-refractivity contribution is 7.88. The number of carbonyl (C=O) groups excluding carboxylic acids is 1. The van der Waals surface area contributed by atoms with Crippen LogP contribution < -0.4 is 5.32 Å². The van der Waals surface area contributed by atoms with Crippen LogP contribution in [0.1, 0.15) is 37.7 Å². The van der Waals surface area contributed by atoms with Crippen molar-refractivity contribution in [1.82, 2.24) is 14.5 Å². The summed E-state index contributed by atoms with van der Waals surface area (Å²) in [5.41, 5.74) is 1.34. The Hall–Kier alpha value is -1.44. The third-order valence-electron chi connectivity index (χ3n) is 5.97. The van der Waals surface area contributed by atoms with Gasteiger partial charge in [0.25, 0.3) is 0 Å². The van der Waals surface area contributed by atoms with Gasteiger partial charge in [0.15, 0.2) is 0 Å². The molecule has 1 N–H and O–H groups in total. The second-order valence-electron chi connectivity index (χ2n) is 8.05. The van der Waals surface area contributed by atoms with Gasteiger partial charge in [-0.25, -0.2) is 8.42 Å². The van der Waals surface area contributed by atoms with Gasteiger partial charge < -0.3 is 10.2 Å². The number of hydrogen-bond donors (Lipinski definition) is 1. The van der Waals surface area contributed by atoms with Crippen LogP contribution in [0.25, 0.3) is 0 Å². The van der Waals surface area contributed by atoms with E-state index in [1.54, 1.807) is 4.31 Å². The van der Waals surface area contributed by atoms with E-state index >= 15 is 0 Å². The van der Waals surface area contributed by atoms with E-state index in [2.05, 4.69) is 34.5 Å². The fourth-order valence-corrected chi connectivity index (χ4v) is 5.78. The standard InChI is InChI=1S/C21H33N3O3S/c1-28(26,27)24-16-7-15-23(14-6-10-18-8-3-2-4-9-18)17-13-22-21(25)19-11-5-12-20(19)24/h2-4,8-9,19-20H,5-7,10-17H2,1H3,(H,22,25)/t19-,20+/m1/s1. The predicted molar refractivity (Wildman–Crippen MR) is 112 cm³/mol. The van der Waals surface area contributed by atoms with E-state index < -0.39 is 10.0 Å². The molecule has 1 amide bonds. The number of aryl methyl sites for hydroxylation is 1. The van der Waals surface area contributed by atoms with Gasteiger partial charge in [-0.05, 0) is 50.8 Å². The maximum atomic E-state index is 12.7. The number of benzene rings is 1. The number of amides is 1. The van der Waals surface area contributed by atoms with Gasteiger partial charge >= 0.3 is 0 Å². The molecule has 2 atom stereocenters. The van der Waals surface area contributed by atoms with Gasteiger partial charge in [0.1, 0.15) is 0 Å². The van der Waals surface area contributed by atoms with Crippen molar-refractivity contribution in [3.63, 3.8) is 0 Å². The molecule has 0 bridgehead atoms. The first-order chi connectivity index (χ1) is 13.4. The van der Waals surface area contributed by atoms with E-state index in [1.807, 2.05) is 6.07 Å². The van der Waals surface area contributed by atoms with Gasteiger partial charge in [-0.2, -0.15) is 4.31 Å². The quantitative estimate of drug-likeness (QED) is 0.809. The van der Waals surface area contributed by atoms with E-state index in [0.717, 1.165) is 58.2 Å². The van der Waals surface area contributed by atoms with Crippen molar-refractivity contribution in [1.29, 1.82) is 0 Å². The van der Waals surface area contributed by atoms with Crippen molar-refractivity contribution < 1.29 is 13.2 Å². The first-order valence-electron chi connectivity index (χ1n) is 10.5. The highest BCUT2D eigenvalue weighted by atomic mass is 32.2. The summed E-state index contributed by atoms with van der Waals surface area (Å²) in [6, 6.07) is 10.3. The predicted octanol–water partition coefficient (Wildman–Crippen LogP) is 1.87. The lowest BCUT2D eigenvalue weighted by molar-refractivity contribution is -0.125. The molecule has 6 nitrogen and oxygen atoms in total. The van der Waals surface area contributed by atoms with Crippen molar-refractivity contribution >= 4 is 15.9 Å². The van der Waals surface area contributed by atoms with Gasteiger partial charge in [0.2, 0.25) is 15.9 Å². The van der Waals surface area contributed by atoms with Gasteiger partial charge in [0, 0.05) is 25.7 Å². The number of hydrogen-bond acceptors (Lipinski definition) is 4. The van der Waals surface area contributed by atoms with Crippen LogP contribution in [-0.2, 0) is 21.2 Å². The fraction of sp³-hybridized carbons (Fsp3) is 0.667. The topological polar surface area (TPSA) is 69.7 Å². The monoisotopic (exact) mass is 407 g/mol. The zero-order chi connectivity index (χ0) is 20.0. The number of carbonyl (C=O) groups is 1. The largest absolute Gasteiger partial charge is 0.355 e. The highest BCUT2D eigenvalue weighted by Crippen LogP contribution is 2.32. The Kier molecular flexibility index (Phi) is 7.48. The molecule has 1 saturated carbocycles. The summed E-state index contributed by atoms with van der Waals surface area (Å²) in [6.45, 7) is 3.76. The minimum atomic E-state index is -3.32. The maximum Gasteiger partial charge on any atom is 0.224 e. The minimum Gasteiger partial charge on any atom is -0.355 e. The number of fused-ring (bicyclic) bond motifs is 1. The van der Waals surface area contributed by atoms with Crippen LogP contribution in [0.3, 0.4) is 0 Å². The molecule has 1 aromatic rings. The number of nitrogens with zero attached hydrogens (tertiary/aromatic N) is 2. The second kappa shape index (κ2) is 9.85. The smallest absolute Gasteiger partial charge is 0.224 e. The molecule has 7 heteroatoms. The highest BCUT2D eigenvalue weighted by Gasteiger charge is 2.40. The molecule has 1 aliphatic heterocycles. The van der Waals surface area contributed by atoms with Crippen LogP contribution in [0.5, 0.6) is 0 Å². The summed E-state index contributed by atoms with van der Waals surface area (Å²) in [4.78, 5) is 15.0. The molecular weight excluding hydrogens is 374 g/mol. The Balaban J connectivity index is 1.61. The van der Waals surface area contributed by atoms with Crippen LogP contribution in [-0.4, -0.2) is 68.6 Å². The Morgan fingerprint density at radius 3 is 2.61 bits per heavy atom. The Bertz CT molecular complexity index is 739. The van der Waals surface area contributed by atoms with Crippen LogP contribution in [0.2, 0.25) is 0 Å². The van der Waals surface area contributed by atoms with Gasteiger partial charge in [0.05, 0.1) is 12.2 Å². The third kappa shape index (κ3) is 5.78. The summed E-state index contributed by atoms with van der Waals surface area (Å²) in [6.07, 6.45) is 6.64. The summed E-state index contributed by atoms with van der Waals surface area (Å²) < 4.78 is 26.3. The molecule has 1 saturated heterocycles. The lowest BCUT2D eigenvalue weighted by Gasteiger charge is -2.30. The molecule has 0 radical (unpaired) electrons. The van der Waals surface area contributed by atoms with Gasteiger partial charge in [-0.3, -0.25) is 4.79 Å². The van der Waals surface area contributed by atoms with E-state index in [9.17, 15) is 13.2 Å². The molecule has 3 rings (SSSR count). The average Bonchev–Trinajstić information content (AvgIpc) is 3.12. The van der Waals surface area contributed by atoms with Crippen molar-refractivity contribution in [2.24, 2.45) is 5.92 Å². The molecule has 0 unspecified atom stereocenters. The molecule has 0 spiro atoms. The lowest BCUT2D eigenvalue weighted by Crippen LogP contribution is -2.47. The maximum absolute atomic E-state index is 12.7. The summed E-state index contributed by atoms with van der Waals surface area (Å²) >= 11 is 0. The van der Waals surface area contributed by atoms with Crippen LogP contribution in [0, 0.1) is 5.92 Å². The van der Waals surface area contributed by atoms with Gasteiger partial charge in [-0.15, -0.1) is 0 Å². The molecule has 156 valence electrons. The van der Waals surface area contributed by atoms with E-state index in [1.165, 1.54) is 11.8 Å². The van der Waals surface area contributed by atoms with E-state index in [0.29, 0.717) is 13.1 Å². The van der Waals surface area contributed by atoms with Crippen LogP contribution in [0.15, 0.2) is 30.3 Å². The molecule has 0 aromatic heterocycles. The Labute approximate surface area is 169 Å². The number of sulfonamides is 1. The van der Waals surface area contributed by atoms with E-state index in [-0.39, 0.29) is 17.9 Å². The molecular formula is C21H33N3O3S. The normalized spacial score (nSPS) is 25.7. The fourth-order valence-electron chi connectivity index (χ4n) is 4.57. The first kappa shape index (κ1) is 21.3. The molecule has 1 heterocycles. The molecule has 28 heavy (non-hydrogen) atoms. The zero-order valence-corrected chi connectivity index (χ0v) is 17.7. The molecule has 2 aliphatic rings. The van der Waals surface area contributed by atoms with Crippen LogP contribution >= 0.6 is 0 Å².